The maximum atomic E-state index is 12.0. The molecule has 0 aromatic heterocycles. The van der Waals surface area contributed by atoms with Gasteiger partial charge in [0.25, 0.3) is 5.91 Å². The van der Waals surface area contributed by atoms with Gasteiger partial charge in [0.1, 0.15) is 6.04 Å². The average molecular weight is 267 g/mol. The van der Waals surface area contributed by atoms with E-state index in [1.54, 1.807) is 24.3 Å². The Morgan fingerprint density at radius 1 is 1.33 bits per heavy atom. The zero-order valence-corrected chi connectivity index (χ0v) is 10.4. The lowest BCUT2D eigenvalue weighted by Crippen LogP contribution is -2.40. The first-order chi connectivity index (χ1) is 8.49. The highest BCUT2D eigenvalue weighted by atomic mass is 35.5. The highest BCUT2D eigenvalue weighted by Gasteiger charge is 2.39. The fourth-order valence-electron chi connectivity index (χ4n) is 1.85. The van der Waals surface area contributed by atoms with Gasteiger partial charge >= 0.3 is 0 Å². The van der Waals surface area contributed by atoms with E-state index in [-0.39, 0.29) is 18.2 Å². The molecule has 0 bridgehead atoms. The first-order valence-electron chi connectivity index (χ1n) is 5.38. The summed E-state index contributed by atoms with van der Waals surface area (Å²) in [6.45, 7) is 1.31. The van der Waals surface area contributed by atoms with Gasteiger partial charge < -0.3 is 5.32 Å². The van der Waals surface area contributed by atoms with E-state index in [0.29, 0.717) is 10.7 Å². The molecule has 1 aliphatic rings. The Bertz CT molecular complexity index is 513. The molecule has 1 heterocycles. The molecule has 1 atom stereocenters. The third-order valence-electron chi connectivity index (χ3n) is 2.61. The van der Waals surface area contributed by atoms with Crippen molar-refractivity contribution in [3.05, 3.63) is 29.3 Å². The third-order valence-corrected chi connectivity index (χ3v) is 2.86. The van der Waals surface area contributed by atoms with E-state index in [0.717, 1.165) is 4.90 Å². The number of hydrogen-bond donors (Lipinski definition) is 1. The summed E-state index contributed by atoms with van der Waals surface area (Å²) in [6.07, 6.45) is -0.0129. The zero-order valence-electron chi connectivity index (χ0n) is 9.64. The molecule has 1 fully saturated rings. The van der Waals surface area contributed by atoms with Crippen LogP contribution in [-0.4, -0.2) is 23.8 Å². The molecule has 0 unspecified atom stereocenters. The van der Waals surface area contributed by atoms with Crippen molar-refractivity contribution in [1.82, 2.24) is 5.32 Å². The number of halogens is 1. The van der Waals surface area contributed by atoms with Crippen molar-refractivity contribution in [1.29, 1.82) is 0 Å². The van der Waals surface area contributed by atoms with Gasteiger partial charge in [-0.25, -0.2) is 4.90 Å². The van der Waals surface area contributed by atoms with Crippen LogP contribution in [-0.2, 0) is 14.4 Å². The number of rotatable bonds is 2. The molecule has 94 valence electrons. The summed E-state index contributed by atoms with van der Waals surface area (Å²) in [5.74, 6) is -1.09. The fraction of sp³-hybridized carbons (Fsp3) is 0.250. The standard InChI is InChI=1S/C12H11ClN2O3/c1-7(16)14-10-6-11(17)15(12(10)18)9-4-2-8(13)3-5-9/h2-5,10H,6H2,1H3,(H,14,16)/t10-/m0/s1. The monoisotopic (exact) mass is 266 g/mol. The number of anilines is 1. The van der Waals surface area contributed by atoms with Crippen LogP contribution in [0, 0.1) is 0 Å². The van der Waals surface area contributed by atoms with E-state index in [1.807, 2.05) is 0 Å². The Balaban J connectivity index is 2.24. The van der Waals surface area contributed by atoms with E-state index in [2.05, 4.69) is 5.32 Å². The molecule has 1 saturated heterocycles. The van der Waals surface area contributed by atoms with Crippen LogP contribution in [0.2, 0.25) is 5.02 Å². The van der Waals surface area contributed by atoms with Gasteiger partial charge in [-0.1, -0.05) is 11.6 Å². The lowest BCUT2D eigenvalue weighted by Gasteiger charge is -2.15. The van der Waals surface area contributed by atoms with Crippen LogP contribution in [0.15, 0.2) is 24.3 Å². The van der Waals surface area contributed by atoms with Gasteiger partial charge in [-0.15, -0.1) is 0 Å². The summed E-state index contributed by atoms with van der Waals surface area (Å²) in [4.78, 5) is 35.8. The third kappa shape index (κ3) is 2.36. The van der Waals surface area contributed by atoms with E-state index < -0.39 is 11.9 Å². The fourth-order valence-corrected chi connectivity index (χ4v) is 1.98. The van der Waals surface area contributed by atoms with Gasteiger partial charge in [0.15, 0.2) is 0 Å². The van der Waals surface area contributed by atoms with Crippen LogP contribution in [0.5, 0.6) is 0 Å². The van der Waals surface area contributed by atoms with Gasteiger partial charge in [-0.3, -0.25) is 14.4 Å². The Morgan fingerprint density at radius 2 is 1.94 bits per heavy atom. The van der Waals surface area contributed by atoms with Crippen molar-refractivity contribution >= 4 is 35.0 Å². The molecule has 1 aromatic carbocycles. The van der Waals surface area contributed by atoms with Gasteiger partial charge in [0, 0.05) is 11.9 Å². The van der Waals surface area contributed by atoms with Gasteiger partial charge in [0.05, 0.1) is 12.1 Å². The number of carbonyl (C=O) groups is 3. The largest absolute Gasteiger partial charge is 0.344 e. The molecule has 5 nitrogen and oxygen atoms in total. The van der Waals surface area contributed by atoms with E-state index >= 15 is 0 Å². The minimum atomic E-state index is -0.773. The molecule has 0 spiro atoms. The van der Waals surface area contributed by atoms with Crippen molar-refractivity contribution in [2.75, 3.05) is 4.90 Å². The molecular weight excluding hydrogens is 256 g/mol. The van der Waals surface area contributed by atoms with E-state index in [4.69, 9.17) is 11.6 Å². The first-order valence-corrected chi connectivity index (χ1v) is 5.76. The molecule has 0 aliphatic carbocycles. The summed E-state index contributed by atoms with van der Waals surface area (Å²) in [5, 5.41) is 2.98. The van der Waals surface area contributed by atoms with Crippen LogP contribution in [0.25, 0.3) is 0 Å². The second-order valence-corrected chi connectivity index (χ2v) is 4.44. The number of amides is 3. The zero-order chi connectivity index (χ0) is 13.3. The van der Waals surface area contributed by atoms with Gasteiger partial charge in [-0.05, 0) is 24.3 Å². The number of benzene rings is 1. The van der Waals surface area contributed by atoms with Crippen LogP contribution in [0.3, 0.4) is 0 Å². The minimum absolute atomic E-state index is 0.0129. The average Bonchev–Trinajstić information content (AvgIpc) is 2.55. The summed E-state index contributed by atoms with van der Waals surface area (Å²) < 4.78 is 0. The van der Waals surface area contributed by atoms with Crippen LogP contribution < -0.4 is 10.2 Å². The second-order valence-electron chi connectivity index (χ2n) is 4.00. The topological polar surface area (TPSA) is 66.5 Å². The second kappa shape index (κ2) is 4.78. The molecule has 3 amide bonds. The Hall–Kier alpha value is -1.88. The predicted molar refractivity (Wildman–Crippen MR) is 66.2 cm³/mol. The number of imide groups is 1. The smallest absolute Gasteiger partial charge is 0.256 e. The molecule has 0 saturated carbocycles. The molecule has 1 N–H and O–H groups in total. The molecule has 18 heavy (non-hydrogen) atoms. The maximum absolute atomic E-state index is 12.0. The summed E-state index contributed by atoms with van der Waals surface area (Å²) in [7, 11) is 0. The lowest BCUT2D eigenvalue weighted by molar-refractivity contribution is -0.125. The van der Waals surface area contributed by atoms with E-state index in [1.165, 1.54) is 6.92 Å². The number of nitrogens with zero attached hydrogens (tertiary/aromatic N) is 1. The minimum Gasteiger partial charge on any atom is -0.344 e. The van der Waals surface area contributed by atoms with E-state index in [9.17, 15) is 14.4 Å². The number of nitrogens with one attached hydrogen (secondary N) is 1. The Labute approximate surface area is 109 Å². The highest BCUT2D eigenvalue weighted by Crippen LogP contribution is 2.24. The summed E-state index contributed by atoms with van der Waals surface area (Å²) >= 11 is 5.74. The Morgan fingerprint density at radius 3 is 2.50 bits per heavy atom. The van der Waals surface area contributed by atoms with Crippen LogP contribution >= 0.6 is 11.6 Å². The van der Waals surface area contributed by atoms with Crippen LogP contribution in [0.4, 0.5) is 5.69 Å². The van der Waals surface area contributed by atoms with Crippen molar-refractivity contribution in [3.63, 3.8) is 0 Å². The van der Waals surface area contributed by atoms with Gasteiger partial charge in [-0.2, -0.15) is 0 Å². The van der Waals surface area contributed by atoms with Crippen molar-refractivity contribution < 1.29 is 14.4 Å². The van der Waals surface area contributed by atoms with Crippen LogP contribution in [0.1, 0.15) is 13.3 Å². The summed E-state index contributed by atoms with van der Waals surface area (Å²) in [6, 6.07) is 5.61. The molecular formula is C12H11ClN2O3. The molecule has 1 aliphatic heterocycles. The molecule has 0 radical (unpaired) electrons. The number of carbonyl (C=O) groups excluding carboxylic acids is 3. The van der Waals surface area contributed by atoms with Crippen molar-refractivity contribution in [2.45, 2.75) is 19.4 Å². The highest BCUT2D eigenvalue weighted by molar-refractivity contribution is 6.30. The van der Waals surface area contributed by atoms with Crippen molar-refractivity contribution in [2.24, 2.45) is 0 Å². The number of hydrogen-bond acceptors (Lipinski definition) is 3. The molecule has 6 heteroatoms. The van der Waals surface area contributed by atoms with Gasteiger partial charge in [0.2, 0.25) is 11.8 Å². The first kappa shape index (κ1) is 12.6. The maximum Gasteiger partial charge on any atom is 0.256 e. The van der Waals surface area contributed by atoms with Crippen molar-refractivity contribution in [3.8, 4) is 0 Å². The quantitative estimate of drug-likeness (QED) is 0.816. The predicted octanol–water partition coefficient (Wildman–Crippen LogP) is 1.11. The molecule has 1 aromatic rings. The normalized spacial score (nSPS) is 19.2. The lowest BCUT2D eigenvalue weighted by atomic mass is 10.2. The molecule has 2 rings (SSSR count). The SMILES string of the molecule is CC(=O)N[C@H]1CC(=O)N(c2ccc(Cl)cc2)C1=O. The summed E-state index contributed by atoms with van der Waals surface area (Å²) in [5.41, 5.74) is 0.460. The Kier molecular flexibility index (Phi) is 3.34.